The summed E-state index contributed by atoms with van der Waals surface area (Å²) in [4.78, 5) is 13.9. The molecule has 1 aliphatic heterocycles. The van der Waals surface area contributed by atoms with E-state index in [0.29, 0.717) is 6.54 Å². The zero-order chi connectivity index (χ0) is 16.7. The molecule has 1 aromatic rings. The number of fused-ring (bicyclic) bond motifs is 1. The largest absolute Gasteiger partial charge is 0.412 e. The number of rotatable bonds is 2. The highest BCUT2D eigenvalue weighted by Gasteiger charge is 2.40. The minimum absolute atomic E-state index is 0.0913. The van der Waals surface area contributed by atoms with E-state index in [0.717, 1.165) is 12.1 Å². The lowest BCUT2D eigenvalue weighted by Crippen LogP contribution is -2.50. The smallest absolute Gasteiger partial charge is 0.223 e. The Hall–Kier alpha value is -1.13. The summed E-state index contributed by atoms with van der Waals surface area (Å²) in [6, 6.07) is 6.32. The molecule has 0 spiro atoms. The molecule has 4 heteroatoms. The molecule has 1 aromatic carbocycles. The molecule has 1 aliphatic rings. The maximum Gasteiger partial charge on any atom is 0.223 e. The second-order valence-corrected chi connectivity index (χ2v) is 12.7. The van der Waals surface area contributed by atoms with E-state index in [1.807, 2.05) is 4.90 Å². The summed E-state index contributed by atoms with van der Waals surface area (Å²) in [5.74, 6) is 0.0913. The Morgan fingerprint density at radius 1 is 1.32 bits per heavy atom. The summed E-state index contributed by atoms with van der Waals surface area (Å²) in [5, 5.41) is 0.181. The first-order valence-electron chi connectivity index (χ1n) is 8.07. The van der Waals surface area contributed by atoms with Gasteiger partial charge in [-0.1, -0.05) is 38.5 Å². The first-order chi connectivity index (χ1) is 10.0. The molecule has 0 unspecified atom stereocenters. The number of aryl methyl sites for hydroxylation is 1. The van der Waals surface area contributed by atoms with Crippen molar-refractivity contribution in [3.05, 3.63) is 29.3 Å². The van der Waals surface area contributed by atoms with Crippen LogP contribution in [-0.4, -0.2) is 26.9 Å². The van der Waals surface area contributed by atoms with Gasteiger partial charge in [-0.2, -0.15) is 0 Å². The van der Waals surface area contributed by atoms with Crippen LogP contribution in [0.1, 0.15) is 38.8 Å². The van der Waals surface area contributed by atoms with Gasteiger partial charge >= 0.3 is 0 Å². The van der Waals surface area contributed by atoms with Gasteiger partial charge in [0.25, 0.3) is 0 Å². The lowest BCUT2D eigenvalue weighted by atomic mass is 9.98. The Labute approximate surface area is 135 Å². The van der Waals surface area contributed by atoms with Gasteiger partial charge in [0.05, 0.1) is 12.6 Å². The first-order valence-corrected chi connectivity index (χ1v) is 11.0. The highest BCUT2D eigenvalue weighted by Crippen LogP contribution is 2.39. The summed E-state index contributed by atoms with van der Waals surface area (Å²) < 4.78 is 6.57. The fourth-order valence-electron chi connectivity index (χ4n) is 2.72. The lowest BCUT2D eigenvalue weighted by molar-refractivity contribution is -0.117. The van der Waals surface area contributed by atoms with Crippen molar-refractivity contribution >= 4 is 19.9 Å². The molecular weight excluding hydrogens is 290 g/mol. The zero-order valence-electron chi connectivity index (χ0n) is 15.0. The number of benzene rings is 1. The average Bonchev–Trinajstić information content (AvgIpc) is 2.35. The van der Waals surface area contributed by atoms with Crippen LogP contribution in [-0.2, 0) is 15.6 Å². The minimum atomic E-state index is -1.83. The van der Waals surface area contributed by atoms with E-state index in [-0.39, 0.29) is 17.0 Å². The predicted molar refractivity (Wildman–Crippen MR) is 95.0 cm³/mol. The van der Waals surface area contributed by atoms with Crippen molar-refractivity contribution in [3.63, 3.8) is 0 Å². The van der Waals surface area contributed by atoms with Crippen LogP contribution in [0.4, 0.5) is 5.69 Å². The Morgan fingerprint density at radius 3 is 2.50 bits per heavy atom. The summed E-state index contributed by atoms with van der Waals surface area (Å²) >= 11 is 0. The standard InChI is InChI=1S/C18H29NO2Si/c1-13-8-9-17-15(10-13)11-16(12-19(17)14(2)20)21-22(6,7)18(3,4)5/h8-10,16H,11-12H2,1-7H3/t16-/m1/s1. The number of carbonyl (C=O) groups is 1. The van der Waals surface area contributed by atoms with Crippen LogP contribution in [0.15, 0.2) is 18.2 Å². The van der Waals surface area contributed by atoms with E-state index in [4.69, 9.17) is 4.43 Å². The number of carbonyl (C=O) groups excluding carboxylic acids is 1. The molecule has 2 rings (SSSR count). The van der Waals surface area contributed by atoms with Gasteiger partial charge in [0, 0.05) is 19.0 Å². The fourth-order valence-corrected chi connectivity index (χ4v) is 4.07. The summed E-state index contributed by atoms with van der Waals surface area (Å²) in [6.45, 7) is 15.7. The van der Waals surface area contributed by atoms with Crippen molar-refractivity contribution in [2.24, 2.45) is 0 Å². The second kappa shape index (κ2) is 5.82. The summed E-state index contributed by atoms with van der Waals surface area (Å²) in [7, 11) is -1.83. The van der Waals surface area contributed by atoms with E-state index < -0.39 is 8.32 Å². The Morgan fingerprint density at radius 2 is 1.95 bits per heavy atom. The number of nitrogens with zero attached hydrogens (tertiary/aromatic N) is 1. The van der Waals surface area contributed by atoms with Gasteiger partial charge in [-0.15, -0.1) is 0 Å². The van der Waals surface area contributed by atoms with Crippen molar-refractivity contribution in [2.45, 2.75) is 65.3 Å². The maximum atomic E-state index is 12.0. The Bertz CT molecular complexity index is 575. The van der Waals surface area contributed by atoms with Crippen LogP contribution >= 0.6 is 0 Å². The highest BCUT2D eigenvalue weighted by molar-refractivity contribution is 6.74. The third-order valence-corrected chi connectivity index (χ3v) is 9.54. The molecule has 0 saturated heterocycles. The molecule has 0 aliphatic carbocycles. The van der Waals surface area contributed by atoms with Gasteiger partial charge in [0.2, 0.25) is 5.91 Å². The Kier molecular flexibility index (Phi) is 4.55. The van der Waals surface area contributed by atoms with E-state index in [9.17, 15) is 4.79 Å². The van der Waals surface area contributed by atoms with Crippen LogP contribution in [0.25, 0.3) is 0 Å². The molecule has 22 heavy (non-hydrogen) atoms. The van der Waals surface area contributed by atoms with Crippen LogP contribution in [0.3, 0.4) is 0 Å². The topological polar surface area (TPSA) is 29.5 Å². The number of amides is 1. The average molecular weight is 320 g/mol. The van der Waals surface area contributed by atoms with Gasteiger partial charge in [0.15, 0.2) is 8.32 Å². The second-order valence-electron chi connectivity index (χ2n) is 7.97. The molecule has 0 bridgehead atoms. The molecule has 0 N–H and O–H groups in total. The van der Waals surface area contributed by atoms with Gasteiger partial charge < -0.3 is 9.33 Å². The van der Waals surface area contributed by atoms with E-state index >= 15 is 0 Å². The lowest BCUT2D eigenvalue weighted by Gasteiger charge is -2.42. The quantitative estimate of drug-likeness (QED) is 0.761. The molecule has 1 amide bonds. The third kappa shape index (κ3) is 3.44. The van der Waals surface area contributed by atoms with E-state index in [1.165, 1.54) is 11.1 Å². The van der Waals surface area contributed by atoms with Gasteiger partial charge in [-0.3, -0.25) is 4.79 Å². The SMILES string of the molecule is CC(=O)N1C[C@H](O[Si](C)(C)C(C)(C)C)Cc2cc(C)ccc21. The number of hydrogen-bond acceptors (Lipinski definition) is 2. The molecule has 122 valence electrons. The molecule has 0 saturated carbocycles. The maximum absolute atomic E-state index is 12.0. The van der Waals surface area contributed by atoms with Crippen LogP contribution in [0.2, 0.25) is 18.1 Å². The molecular formula is C18H29NO2Si. The first kappa shape index (κ1) is 17.2. The van der Waals surface area contributed by atoms with Gasteiger partial charge in [-0.05, 0) is 36.7 Å². The van der Waals surface area contributed by atoms with Crippen LogP contribution in [0, 0.1) is 6.92 Å². The molecule has 1 heterocycles. The van der Waals surface area contributed by atoms with E-state index in [2.05, 4.69) is 59.0 Å². The van der Waals surface area contributed by atoms with E-state index in [1.54, 1.807) is 6.92 Å². The van der Waals surface area contributed by atoms with Crippen molar-refractivity contribution in [1.29, 1.82) is 0 Å². The van der Waals surface area contributed by atoms with Crippen LogP contribution < -0.4 is 4.90 Å². The van der Waals surface area contributed by atoms with Crippen molar-refractivity contribution in [3.8, 4) is 0 Å². The third-order valence-electron chi connectivity index (χ3n) is 5.01. The summed E-state index contributed by atoms with van der Waals surface area (Å²) in [6.07, 6.45) is 0.993. The fraction of sp³-hybridized carbons (Fsp3) is 0.611. The van der Waals surface area contributed by atoms with Gasteiger partial charge in [-0.25, -0.2) is 0 Å². The molecule has 1 atom stereocenters. The molecule has 0 radical (unpaired) electrons. The molecule has 0 fully saturated rings. The molecule has 3 nitrogen and oxygen atoms in total. The predicted octanol–water partition coefficient (Wildman–Crippen LogP) is 4.29. The summed E-state index contributed by atoms with van der Waals surface area (Å²) in [5.41, 5.74) is 3.51. The monoisotopic (exact) mass is 319 g/mol. The van der Waals surface area contributed by atoms with Crippen molar-refractivity contribution in [2.75, 3.05) is 11.4 Å². The number of anilines is 1. The Balaban J connectivity index is 2.29. The minimum Gasteiger partial charge on any atom is -0.412 e. The van der Waals surface area contributed by atoms with Crippen molar-refractivity contribution in [1.82, 2.24) is 0 Å². The zero-order valence-corrected chi connectivity index (χ0v) is 16.0. The normalized spacial score (nSPS) is 19.0. The highest BCUT2D eigenvalue weighted by atomic mass is 28.4. The van der Waals surface area contributed by atoms with Crippen LogP contribution in [0.5, 0.6) is 0 Å². The van der Waals surface area contributed by atoms with Gasteiger partial charge in [0.1, 0.15) is 0 Å². The number of hydrogen-bond donors (Lipinski definition) is 0. The molecule has 0 aromatic heterocycles. The van der Waals surface area contributed by atoms with Crippen molar-refractivity contribution < 1.29 is 9.22 Å².